The quantitative estimate of drug-likeness (QED) is 0.424. The second-order valence-electron chi connectivity index (χ2n) is 5.03. The van der Waals surface area contributed by atoms with Gasteiger partial charge in [0.15, 0.2) is 11.9 Å². The molecule has 0 spiro atoms. The molecule has 0 bridgehead atoms. The maximum absolute atomic E-state index is 11.7. The number of esters is 1. The van der Waals surface area contributed by atoms with Crippen LogP contribution in [0.15, 0.2) is 53.1 Å². The number of methoxy groups -OCH3 is 1. The minimum Gasteiger partial charge on any atom is -0.465 e. The van der Waals surface area contributed by atoms with E-state index in [0.29, 0.717) is 23.1 Å². The van der Waals surface area contributed by atoms with E-state index < -0.39 is 5.97 Å². The van der Waals surface area contributed by atoms with Gasteiger partial charge in [-0.15, -0.1) is 0 Å². The number of anilines is 1. The molecule has 3 rings (SSSR count). The van der Waals surface area contributed by atoms with Gasteiger partial charge in [-0.3, -0.25) is 4.79 Å². The molecule has 1 aromatic heterocycles. The highest BCUT2D eigenvalue weighted by Crippen LogP contribution is 2.23. The third-order valence-electron chi connectivity index (χ3n) is 3.43. The van der Waals surface area contributed by atoms with Crippen molar-refractivity contribution in [2.75, 3.05) is 12.4 Å². The van der Waals surface area contributed by atoms with Crippen molar-refractivity contribution in [3.05, 3.63) is 65.1 Å². The summed E-state index contributed by atoms with van der Waals surface area (Å²) in [5, 5.41) is 3.20. The lowest BCUT2D eigenvalue weighted by Crippen LogP contribution is -2.03. The third-order valence-corrected chi connectivity index (χ3v) is 3.76. The molecule has 0 unspecified atom stereocenters. The first-order valence-corrected chi connectivity index (χ1v) is 7.66. The second-order valence-corrected chi connectivity index (χ2v) is 5.44. The fourth-order valence-electron chi connectivity index (χ4n) is 2.18. The smallest absolute Gasteiger partial charge is 0.339 e. The zero-order valence-corrected chi connectivity index (χ0v) is 13.9. The molecule has 1 heterocycles. The van der Waals surface area contributed by atoms with Crippen molar-refractivity contribution in [3.63, 3.8) is 0 Å². The van der Waals surface area contributed by atoms with Crippen LogP contribution in [0.25, 0.3) is 16.7 Å². The van der Waals surface area contributed by atoms with Crippen LogP contribution < -0.4 is 5.32 Å². The summed E-state index contributed by atoms with van der Waals surface area (Å²) in [6.45, 7) is 0. The van der Waals surface area contributed by atoms with E-state index in [1.54, 1.807) is 24.3 Å². The van der Waals surface area contributed by atoms with E-state index in [2.05, 4.69) is 15.0 Å². The van der Waals surface area contributed by atoms with E-state index in [1.807, 2.05) is 12.1 Å². The van der Waals surface area contributed by atoms with Gasteiger partial charge in [-0.25, -0.2) is 9.78 Å². The lowest BCUT2D eigenvalue weighted by molar-refractivity contribution is -0.103. The number of carbonyl (C=O) groups excluding carboxylic acids is 2. The average Bonchev–Trinajstić information content (AvgIpc) is 3.06. The molecule has 7 heteroatoms. The van der Waals surface area contributed by atoms with E-state index in [4.69, 9.17) is 16.0 Å². The Balaban J connectivity index is 1.88. The predicted molar refractivity (Wildman–Crippen MR) is 94.5 cm³/mol. The second kappa shape index (κ2) is 7.19. The maximum Gasteiger partial charge on any atom is 0.339 e. The van der Waals surface area contributed by atoms with E-state index in [1.165, 1.54) is 19.4 Å². The number of rotatable bonds is 5. The van der Waals surface area contributed by atoms with Crippen LogP contribution in [0.5, 0.6) is 0 Å². The summed E-state index contributed by atoms with van der Waals surface area (Å²) in [6, 6.07) is 12.0. The van der Waals surface area contributed by atoms with Crippen LogP contribution in [0.3, 0.4) is 0 Å². The largest absolute Gasteiger partial charge is 0.465 e. The number of hydrogen-bond donors (Lipinski definition) is 1. The first-order valence-electron chi connectivity index (χ1n) is 7.28. The summed E-state index contributed by atoms with van der Waals surface area (Å²) in [5.74, 6) is -0.349. The molecular formula is C18H13ClN2O4. The summed E-state index contributed by atoms with van der Waals surface area (Å²) in [6.07, 6.45) is 2.08. The number of para-hydroxylation sites is 2. The molecule has 25 heavy (non-hydrogen) atoms. The molecular weight excluding hydrogens is 344 g/mol. The van der Waals surface area contributed by atoms with Crippen molar-refractivity contribution < 1.29 is 18.7 Å². The molecule has 2 aromatic carbocycles. The van der Waals surface area contributed by atoms with Gasteiger partial charge in [-0.2, -0.15) is 0 Å². The third kappa shape index (κ3) is 3.54. The van der Waals surface area contributed by atoms with Crippen molar-refractivity contribution in [2.24, 2.45) is 0 Å². The number of nitrogens with one attached hydrogen (secondary N) is 1. The molecule has 0 aliphatic rings. The highest BCUT2D eigenvalue weighted by Gasteiger charge is 2.12. The van der Waals surface area contributed by atoms with Crippen LogP contribution in [-0.4, -0.2) is 24.3 Å². The fraction of sp³-hybridized carbons (Fsp3) is 0.0556. The van der Waals surface area contributed by atoms with Crippen LogP contribution in [0.1, 0.15) is 16.2 Å². The maximum atomic E-state index is 11.7. The first-order chi connectivity index (χ1) is 12.1. The fourth-order valence-corrected chi connectivity index (χ4v) is 2.38. The van der Waals surface area contributed by atoms with Gasteiger partial charge in [-0.1, -0.05) is 23.7 Å². The average molecular weight is 357 g/mol. The van der Waals surface area contributed by atoms with Crippen LogP contribution in [0.2, 0.25) is 5.02 Å². The Bertz CT molecular complexity index is 945. The minimum atomic E-state index is -0.549. The number of carbonyl (C=O) groups is 2. The molecule has 0 aliphatic heterocycles. The summed E-state index contributed by atoms with van der Waals surface area (Å²) in [4.78, 5) is 27.3. The van der Waals surface area contributed by atoms with Crippen LogP contribution in [0.4, 0.5) is 5.69 Å². The number of aldehydes is 1. The van der Waals surface area contributed by atoms with Gasteiger partial charge in [0, 0.05) is 11.9 Å². The van der Waals surface area contributed by atoms with Gasteiger partial charge in [0.1, 0.15) is 5.52 Å². The Morgan fingerprint density at radius 3 is 2.80 bits per heavy atom. The van der Waals surface area contributed by atoms with Gasteiger partial charge in [0.05, 0.1) is 23.3 Å². The minimum absolute atomic E-state index is 0.200. The van der Waals surface area contributed by atoms with Gasteiger partial charge in [-0.05, 0) is 30.3 Å². The SMILES string of the molecule is COC(=O)c1cc(N/C=C(\C=O)c2nc3ccccc3o2)ccc1Cl. The Morgan fingerprint density at radius 2 is 2.08 bits per heavy atom. The molecule has 3 aromatic rings. The Morgan fingerprint density at radius 1 is 1.28 bits per heavy atom. The number of nitrogens with zero attached hydrogens (tertiary/aromatic N) is 1. The summed E-state index contributed by atoms with van der Waals surface area (Å²) < 4.78 is 10.2. The number of allylic oxidation sites excluding steroid dienone is 1. The van der Waals surface area contributed by atoms with Crippen LogP contribution >= 0.6 is 11.6 Å². The number of hydrogen-bond acceptors (Lipinski definition) is 6. The zero-order chi connectivity index (χ0) is 17.8. The van der Waals surface area contributed by atoms with E-state index in [0.717, 1.165) is 0 Å². The summed E-state index contributed by atoms with van der Waals surface area (Å²) >= 11 is 5.98. The Labute approximate surface area is 148 Å². The Kier molecular flexibility index (Phi) is 4.81. The van der Waals surface area contributed by atoms with Crippen molar-refractivity contribution in [1.29, 1.82) is 0 Å². The number of benzene rings is 2. The van der Waals surface area contributed by atoms with E-state index >= 15 is 0 Å². The standard InChI is InChI=1S/C18H13ClN2O4/c1-24-18(23)13-8-12(6-7-14(13)19)20-9-11(10-22)17-21-15-4-2-3-5-16(15)25-17/h2-10,20H,1H3/b11-9+. The molecule has 126 valence electrons. The molecule has 0 radical (unpaired) electrons. The lowest BCUT2D eigenvalue weighted by Gasteiger charge is -2.06. The lowest BCUT2D eigenvalue weighted by atomic mass is 10.2. The number of fused-ring (bicyclic) bond motifs is 1. The highest BCUT2D eigenvalue weighted by atomic mass is 35.5. The van der Waals surface area contributed by atoms with Crippen molar-refractivity contribution in [3.8, 4) is 0 Å². The molecule has 6 nitrogen and oxygen atoms in total. The molecule has 0 amide bonds. The first kappa shape index (κ1) is 16.7. The topological polar surface area (TPSA) is 81.4 Å². The van der Waals surface area contributed by atoms with Crippen molar-refractivity contribution in [1.82, 2.24) is 4.98 Å². The highest BCUT2D eigenvalue weighted by molar-refractivity contribution is 6.33. The van der Waals surface area contributed by atoms with Crippen molar-refractivity contribution >= 4 is 46.2 Å². The van der Waals surface area contributed by atoms with Crippen LogP contribution in [-0.2, 0) is 9.53 Å². The molecule has 0 atom stereocenters. The van der Waals surface area contributed by atoms with Gasteiger partial charge >= 0.3 is 5.97 Å². The van der Waals surface area contributed by atoms with Gasteiger partial charge in [0.25, 0.3) is 0 Å². The summed E-state index contributed by atoms with van der Waals surface area (Å²) in [5.41, 5.74) is 2.25. The molecule has 0 saturated carbocycles. The molecule has 1 N–H and O–H groups in total. The number of ether oxygens (including phenoxy) is 1. The van der Waals surface area contributed by atoms with Crippen LogP contribution in [0, 0.1) is 0 Å². The normalized spacial score (nSPS) is 11.4. The number of halogens is 1. The molecule has 0 fully saturated rings. The van der Waals surface area contributed by atoms with Gasteiger partial charge < -0.3 is 14.5 Å². The molecule has 0 saturated heterocycles. The monoisotopic (exact) mass is 356 g/mol. The zero-order valence-electron chi connectivity index (χ0n) is 13.2. The number of oxazole rings is 1. The van der Waals surface area contributed by atoms with E-state index in [9.17, 15) is 9.59 Å². The van der Waals surface area contributed by atoms with Gasteiger partial charge in [0.2, 0.25) is 5.89 Å². The molecule has 0 aliphatic carbocycles. The van der Waals surface area contributed by atoms with E-state index in [-0.39, 0.29) is 22.0 Å². The van der Waals surface area contributed by atoms with Crippen molar-refractivity contribution in [2.45, 2.75) is 0 Å². The Hall–Kier alpha value is -3.12. The number of aromatic nitrogens is 1. The summed E-state index contributed by atoms with van der Waals surface area (Å²) in [7, 11) is 1.27. The predicted octanol–water partition coefficient (Wildman–Crippen LogP) is 3.92.